The van der Waals surface area contributed by atoms with Gasteiger partial charge >= 0.3 is 0 Å². The lowest BCUT2D eigenvalue weighted by molar-refractivity contribution is 0.0784. The average Bonchev–Trinajstić information content (AvgIpc) is 2.32. The van der Waals surface area contributed by atoms with E-state index in [1.807, 2.05) is 0 Å². The first kappa shape index (κ1) is 15.3. The Hall–Kier alpha value is -0.780. The molecule has 4 nitrogen and oxygen atoms in total. The summed E-state index contributed by atoms with van der Waals surface area (Å²) in [5.74, 6) is -0.189. The van der Waals surface area contributed by atoms with Crippen LogP contribution >= 0.6 is 27.5 Å². The van der Waals surface area contributed by atoms with E-state index in [0.717, 1.165) is 0 Å². The Morgan fingerprint density at radius 1 is 1.61 bits per heavy atom. The molecule has 0 radical (unpaired) electrons. The molecule has 0 aliphatic rings. The van der Waals surface area contributed by atoms with E-state index in [-0.39, 0.29) is 21.5 Å². The van der Waals surface area contributed by atoms with Crippen LogP contribution in [0.15, 0.2) is 18.2 Å². The highest BCUT2D eigenvalue weighted by Gasteiger charge is 2.16. The quantitative estimate of drug-likeness (QED) is 0.841. The number of rotatable bonds is 5. The highest BCUT2D eigenvalue weighted by Crippen LogP contribution is 2.24. The molecule has 18 heavy (non-hydrogen) atoms. The number of alkyl halides is 1. The predicted octanol–water partition coefficient (Wildman–Crippen LogP) is 2.53. The van der Waals surface area contributed by atoms with Gasteiger partial charge in [0.15, 0.2) is 0 Å². The number of halogens is 2. The van der Waals surface area contributed by atoms with Gasteiger partial charge in [-0.25, -0.2) is 0 Å². The minimum Gasteiger partial charge on any atom is -0.506 e. The summed E-state index contributed by atoms with van der Waals surface area (Å²) in [5, 5.41) is 9.47. The van der Waals surface area contributed by atoms with Crippen molar-refractivity contribution in [1.82, 2.24) is 4.90 Å². The van der Waals surface area contributed by atoms with E-state index in [0.29, 0.717) is 18.7 Å². The van der Waals surface area contributed by atoms with E-state index in [1.54, 1.807) is 25.1 Å². The van der Waals surface area contributed by atoms with E-state index in [2.05, 4.69) is 15.9 Å². The summed E-state index contributed by atoms with van der Waals surface area (Å²) in [6, 6.07) is 4.40. The smallest absolute Gasteiger partial charge is 0.253 e. The van der Waals surface area contributed by atoms with Crippen LogP contribution in [0.1, 0.15) is 10.4 Å². The van der Waals surface area contributed by atoms with Crippen molar-refractivity contribution in [1.29, 1.82) is 0 Å². The molecule has 0 aliphatic carbocycles. The molecule has 100 valence electrons. The standard InChI is InChI=1S/C12H15BrClNO3/c1-15(6-9(13)7-18-2)12(17)8-3-4-11(16)10(14)5-8/h3-5,9,16H,6-7H2,1-2H3. The molecule has 0 saturated heterocycles. The number of carbonyl (C=O) groups excluding carboxylic acids is 1. The predicted molar refractivity (Wildman–Crippen MR) is 74.7 cm³/mol. The molecule has 0 heterocycles. The van der Waals surface area contributed by atoms with Crippen molar-refractivity contribution < 1.29 is 14.6 Å². The summed E-state index contributed by atoms with van der Waals surface area (Å²) in [4.78, 5) is 13.7. The van der Waals surface area contributed by atoms with Crippen LogP contribution < -0.4 is 0 Å². The Morgan fingerprint density at radius 2 is 2.28 bits per heavy atom. The van der Waals surface area contributed by atoms with Crippen molar-refractivity contribution in [2.45, 2.75) is 4.83 Å². The monoisotopic (exact) mass is 335 g/mol. The van der Waals surface area contributed by atoms with Gasteiger partial charge in [0.2, 0.25) is 0 Å². The van der Waals surface area contributed by atoms with Crippen LogP contribution in [0.2, 0.25) is 5.02 Å². The van der Waals surface area contributed by atoms with Crippen LogP contribution in [0.5, 0.6) is 5.75 Å². The SMILES string of the molecule is COCC(Br)CN(C)C(=O)c1ccc(O)c(Cl)c1. The highest BCUT2D eigenvalue weighted by molar-refractivity contribution is 9.09. The van der Waals surface area contributed by atoms with Gasteiger partial charge in [-0.15, -0.1) is 0 Å². The fourth-order valence-corrected chi connectivity index (χ4v) is 2.35. The molecular formula is C12H15BrClNO3. The molecule has 0 spiro atoms. The summed E-state index contributed by atoms with van der Waals surface area (Å²) >= 11 is 9.19. The van der Waals surface area contributed by atoms with Crippen LogP contribution in [-0.4, -0.2) is 48.0 Å². The van der Waals surface area contributed by atoms with Gasteiger partial charge in [-0.05, 0) is 18.2 Å². The lowest BCUT2D eigenvalue weighted by Gasteiger charge is -2.20. The molecule has 0 aliphatic heterocycles. The number of amides is 1. The van der Waals surface area contributed by atoms with Crippen LogP contribution in [0.25, 0.3) is 0 Å². The fraction of sp³-hybridized carbons (Fsp3) is 0.417. The van der Waals surface area contributed by atoms with Crippen molar-refractivity contribution in [2.24, 2.45) is 0 Å². The maximum absolute atomic E-state index is 12.1. The number of hydrogen-bond acceptors (Lipinski definition) is 3. The average molecular weight is 337 g/mol. The van der Waals surface area contributed by atoms with Gasteiger partial charge in [0.25, 0.3) is 5.91 Å². The van der Waals surface area contributed by atoms with Gasteiger partial charge in [0.1, 0.15) is 5.75 Å². The number of phenolic OH excluding ortho intramolecular Hbond substituents is 1. The molecule has 1 N–H and O–H groups in total. The number of phenols is 1. The van der Waals surface area contributed by atoms with Gasteiger partial charge in [-0.3, -0.25) is 4.79 Å². The summed E-state index contributed by atoms with van der Waals surface area (Å²) in [6.45, 7) is 1.04. The molecule has 6 heteroatoms. The Labute approximate surface area is 120 Å². The van der Waals surface area contributed by atoms with Crippen molar-refractivity contribution in [3.63, 3.8) is 0 Å². The first-order valence-corrected chi connectivity index (χ1v) is 6.62. The minimum absolute atomic E-state index is 0.0337. The Balaban J connectivity index is 2.71. The lowest BCUT2D eigenvalue weighted by atomic mass is 10.2. The van der Waals surface area contributed by atoms with Crippen molar-refractivity contribution in [3.8, 4) is 5.75 Å². The highest BCUT2D eigenvalue weighted by atomic mass is 79.9. The molecule has 1 amide bonds. The van der Waals surface area contributed by atoms with E-state index >= 15 is 0 Å². The number of aromatic hydroxyl groups is 1. The van der Waals surface area contributed by atoms with Gasteiger partial charge in [0, 0.05) is 26.3 Å². The zero-order valence-corrected chi connectivity index (χ0v) is 12.5. The third kappa shape index (κ3) is 4.15. The Bertz CT molecular complexity index is 428. The van der Waals surface area contributed by atoms with E-state index in [9.17, 15) is 9.90 Å². The lowest BCUT2D eigenvalue weighted by Crippen LogP contribution is -2.33. The zero-order valence-electron chi connectivity index (χ0n) is 10.2. The molecule has 1 unspecified atom stereocenters. The zero-order chi connectivity index (χ0) is 13.7. The second-order valence-corrected chi connectivity index (χ2v) is 5.61. The summed E-state index contributed by atoms with van der Waals surface area (Å²) in [5.41, 5.74) is 0.442. The molecular weight excluding hydrogens is 321 g/mol. The maximum Gasteiger partial charge on any atom is 0.253 e. The van der Waals surface area contributed by atoms with Crippen LogP contribution in [0, 0.1) is 0 Å². The largest absolute Gasteiger partial charge is 0.506 e. The molecule has 1 aromatic carbocycles. The number of nitrogens with zero attached hydrogens (tertiary/aromatic N) is 1. The van der Waals surface area contributed by atoms with Crippen molar-refractivity contribution >= 4 is 33.4 Å². The van der Waals surface area contributed by atoms with E-state index in [1.165, 1.54) is 12.1 Å². The number of methoxy groups -OCH3 is 1. The molecule has 0 fully saturated rings. The van der Waals surface area contributed by atoms with Gasteiger partial charge < -0.3 is 14.7 Å². The molecule has 0 saturated carbocycles. The second-order valence-electron chi connectivity index (χ2n) is 3.90. The van der Waals surface area contributed by atoms with Gasteiger partial charge in [-0.1, -0.05) is 27.5 Å². The van der Waals surface area contributed by atoms with Gasteiger partial charge in [0.05, 0.1) is 16.5 Å². The summed E-state index contributed by atoms with van der Waals surface area (Å²) in [6.07, 6.45) is 0. The number of carbonyl (C=O) groups is 1. The second kappa shape index (κ2) is 6.97. The number of ether oxygens (including phenoxy) is 1. The molecule has 1 aromatic rings. The van der Waals surface area contributed by atoms with E-state index < -0.39 is 0 Å². The van der Waals surface area contributed by atoms with E-state index in [4.69, 9.17) is 16.3 Å². The topological polar surface area (TPSA) is 49.8 Å². The minimum atomic E-state index is -0.155. The normalized spacial score (nSPS) is 12.2. The maximum atomic E-state index is 12.1. The summed E-state index contributed by atoms with van der Waals surface area (Å²) < 4.78 is 4.99. The number of benzene rings is 1. The molecule has 0 bridgehead atoms. The molecule has 0 aromatic heterocycles. The summed E-state index contributed by atoms with van der Waals surface area (Å²) in [7, 11) is 3.31. The number of hydrogen-bond donors (Lipinski definition) is 1. The Morgan fingerprint density at radius 3 is 2.83 bits per heavy atom. The van der Waals surface area contributed by atoms with Gasteiger partial charge in [-0.2, -0.15) is 0 Å². The van der Waals surface area contributed by atoms with Crippen molar-refractivity contribution in [2.75, 3.05) is 27.3 Å². The molecule has 1 atom stereocenters. The fourth-order valence-electron chi connectivity index (χ4n) is 1.47. The third-order valence-electron chi connectivity index (χ3n) is 2.36. The van der Waals surface area contributed by atoms with Crippen LogP contribution in [-0.2, 0) is 4.74 Å². The Kier molecular flexibility index (Phi) is 5.91. The van der Waals surface area contributed by atoms with Crippen LogP contribution in [0.4, 0.5) is 0 Å². The third-order valence-corrected chi connectivity index (χ3v) is 3.22. The first-order chi connectivity index (χ1) is 8.45. The van der Waals surface area contributed by atoms with Crippen LogP contribution in [0.3, 0.4) is 0 Å². The first-order valence-electron chi connectivity index (χ1n) is 5.32. The van der Waals surface area contributed by atoms with Crippen molar-refractivity contribution in [3.05, 3.63) is 28.8 Å². The molecule has 1 rings (SSSR count).